The Labute approximate surface area is 143 Å². The lowest BCUT2D eigenvalue weighted by Gasteiger charge is -2.23. The summed E-state index contributed by atoms with van der Waals surface area (Å²) in [6.45, 7) is 0.998. The van der Waals surface area contributed by atoms with Crippen LogP contribution < -0.4 is 11.1 Å². The molecule has 0 bridgehead atoms. The molecule has 1 aliphatic rings. The Morgan fingerprint density at radius 2 is 1.88 bits per heavy atom. The van der Waals surface area contributed by atoms with Crippen LogP contribution in [0.15, 0.2) is 48.8 Å². The molecule has 0 saturated heterocycles. The number of aromatic nitrogens is 3. The molecule has 3 heterocycles. The normalized spacial score (nSPS) is 16.4. The van der Waals surface area contributed by atoms with E-state index in [0.717, 1.165) is 22.4 Å². The number of hydrogen-bond acceptors (Lipinski definition) is 4. The minimum absolute atomic E-state index is 0.310. The molecule has 3 N–H and O–H groups in total. The number of amides is 1. The molecule has 1 atom stereocenters. The summed E-state index contributed by atoms with van der Waals surface area (Å²) in [5.74, 6) is -0.752. The van der Waals surface area contributed by atoms with Crippen LogP contribution in [0.25, 0.3) is 22.4 Å². The Morgan fingerprint density at radius 1 is 1.16 bits per heavy atom. The average Bonchev–Trinajstić information content (AvgIpc) is 3.02. The molecule has 1 amide bonds. The van der Waals surface area contributed by atoms with Crippen molar-refractivity contribution in [3.05, 3.63) is 60.3 Å². The fourth-order valence-electron chi connectivity index (χ4n) is 3.16. The van der Waals surface area contributed by atoms with E-state index in [4.69, 9.17) is 5.73 Å². The molecular formula is C18H16FN5O. The predicted molar refractivity (Wildman–Crippen MR) is 90.8 cm³/mol. The van der Waals surface area contributed by atoms with Gasteiger partial charge in [-0.25, -0.2) is 4.39 Å². The molecule has 2 aromatic heterocycles. The highest BCUT2D eigenvalue weighted by Gasteiger charge is 2.30. The van der Waals surface area contributed by atoms with Gasteiger partial charge in [0.1, 0.15) is 17.6 Å². The van der Waals surface area contributed by atoms with Crippen molar-refractivity contribution in [1.29, 1.82) is 0 Å². The van der Waals surface area contributed by atoms with Crippen LogP contribution in [0.2, 0.25) is 0 Å². The lowest BCUT2D eigenvalue weighted by molar-refractivity contribution is -0.121. The van der Waals surface area contributed by atoms with Gasteiger partial charge in [0.15, 0.2) is 0 Å². The summed E-state index contributed by atoms with van der Waals surface area (Å²) in [5, 5.41) is 7.88. The van der Waals surface area contributed by atoms with Gasteiger partial charge < -0.3 is 11.1 Å². The summed E-state index contributed by atoms with van der Waals surface area (Å²) in [7, 11) is 0. The zero-order valence-electron chi connectivity index (χ0n) is 13.3. The van der Waals surface area contributed by atoms with Crippen molar-refractivity contribution in [2.75, 3.05) is 6.54 Å². The summed E-state index contributed by atoms with van der Waals surface area (Å²) in [6, 6.07) is 9.37. The maximum Gasteiger partial charge on any atom is 0.243 e. The van der Waals surface area contributed by atoms with Crippen molar-refractivity contribution in [3.8, 4) is 22.4 Å². The predicted octanol–water partition coefficient (Wildman–Crippen LogP) is 1.88. The zero-order chi connectivity index (χ0) is 17.4. The van der Waals surface area contributed by atoms with Crippen LogP contribution in [-0.4, -0.2) is 27.2 Å². The highest BCUT2D eigenvalue weighted by atomic mass is 19.1. The quantitative estimate of drug-likeness (QED) is 0.764. The van der Waals surface area contributed by atoms with Gasteiger partial charge in [0, 0.05) is 36.6 Å². The number of halogens is 1. The molecule has 6 nitrogen and oxygen atoms in total. The average molecular weight is 337 g/mol. The number of fused-ring (bicyclic) bond motifs is 1. The van der Waals surface area contributed by atoms with Gasteiger partial charge in [-0.2, -0.15) is 5.10 Å². The molecule has 3 aromatic rings. The number of nitrogens with zero attached hydrogens (tertiary/aromatic N) is 3. The summed E-state index contributed by atoms with van der Waals surface area (Å²) in [4.78, 5) is 15.9. The molecule has 0 fully saturated rings. The number of carbonyl (C=O) groups is 1. The van der Waals surface area contributed by atoms with Gasteiger partial charge >= 0.3 is 0 Å². The molecule has 1 aromatic carbocycles. The Kier molecular flexibility index (Phi) is 3.77. The van der Waals surface area contributed by atoms with Crippen molar-refractivity contribution < 1.29 is 9.18 Å². The van der Waals surface area contributed by atoms with Crippen molar-refractivity contribution in [1.82, 2.24) is 20.1 Å². The van der Waals surface area contributed by atoms with Gasteiger partial charge in [-0.05, 0) is 42.0 Å². The maximum atomic E-state index is 13.3. The lowest BCUT2D eigenvalue weighted by atomic mass is 9.99. The maximum absolute atomic E-state index is 13.3. The van der Waals surface area contributed by atoms with Gasteiger partial charge in [0.2, 0.25) is 5.91 Å². The smallest absolute Gasteiger partial charge is 0.243 e. The first-order valence-electron chi connectivity index (χ1n) is 7.93. The first-order chi connectivity index (χ1) is 12.1. The van der Waals surface area contributed by atoms with Crippen molar-refractivity contribution >= 4 is 5.91 Å². The zero-order valence-corrected chi connectivity index (χ0v) is 13.3. The number of rotatable bonds is 3. The van der Waals surface area contributed by atoms with Crippen LogP contribution in [0.1, 0.15) is 11.7 Å². The standard InChI is InChI=1S/C18H16FN5O/c19-13-3-1-12(2-4-13)17-16(11-5-7-21-8-6-11)14-9-22-10-15(18(20)25)24(14)23-17/h1-8,15,22H,9-10H2,(H2,20,25)/t15-/m1/s1. The molecule has 4 rings (SSSR count). The molecule has 7 heteroatoms. The highest BCUT2D eigenvalue weighted by molar-refractivity contribution is 5.84. The minimum atomic E-state index is -0.557. The molecule has 0 unspecified atom stereocenters. The largest absolute Gasteiger partial charge is 0.368 e. The van der Waals surface area contributed by atoms with E-state index in [1.807, 2.05) is 12.1 Å². The van der Waals surface area contributed by atoms with Gasteiger partial charge in [-0.15, -0.1) is 0 Å². The van der Waals surface area contributed by atoms with Crippen molar-refractivity contribution in [2.24, 2.45) is 5.73 Å². The van der Waals surface area contributed by atoms with E-state index in [2.05, 4.69) is 15.4 Å². The van der Waals surface area contributed by atoms with Crippen molar-refractivity contribution in [3.63, 3.8) is 0 Å². The molecule has 0 radical (unpaired) electrons. The molecule has 0 aliphatic carbocycles. The Bertz CT molecular complexity index is 921. The second-order valence-corrected chi connectivity index (χ2v) is 5.91. The molecular weight excluding hydrogens is 321 g/mol. The Hall–Kier alpha value is -3.06. The number of pyridine rings is 1. The van der Waals surface area contributed by atoms with Gasteiger partial charge in [0.05, 0.1) is 5.69 Å². The molecule has 1 aliphatic heterocycles. The molecule has 0 saturated carbocycles. The first kappa shape index (κ1) is 15.5. The van der Waals surface area contributed by atoms with Crippen LogP contribution in [0, 0.1) is 5.82 Å². The van der Waals surface area contributed by atoms with E-state index in [1.54, 1.807) is 29.2 Å². The van der Waals surface area contributed by atoms with Crippen LogP contribution in [0.5, 0.6) is 0 Å². The number of nitrogens with one attached hydrogen (secondary N) is 1. The Balaban J connectivity index is 1.97. The van der Waals surface area contributed by atoms with Gasteiger partial charge in [-0.3, -0.25) is 14.5 Å². The van der Waals surface area contributed by atoms with E-state index in [0.29, 0.717) is 18.8 Å². The third-order valence-corrected chi connectivity index (χ3v) is 4.35. The topological polar surface area (TPSA) is 85.8 Å². The van der Waals surface area contributed by atoms with Gasteiger partial charge in [-0.1, -0.05) is 0 Å². The van der Waals surface area contributed by atoms with Crippen LogP contribution in [-0.2, 0) is 11.3 Å². The number of nitrogens with two attached hydrogens (primary N) is 1. The third kappa shape index (κ3) is 2.68. The summed E-state index contributed by atoms with van der Waals surface area (Å²) in [6.07, 6.45) is 3.41. The first-order valence-corrected chi connectivity index (χ1v) is 7.93. The number of hydrogen-bond donors (Lipinski definition) is 2. The number of primary amides is 1. The van der Waals surface area contributed by atoms with Crippen LogP contribution in [0.3, 0.4) is 0 Å². The number of benzene rings is 1. The van der Waals surface area contributed by atoms with E-state index < -0.39 is 11.9 Å². The molecule has 25 heavy (non-hydrogen) atoms. The fraction of sp³-hybridized carbons (Fsp3) is 0.167. The third-order valence-electron chi connectivity index (χ3n) is 4.35. The highest BCUT2D eigenvalue weighted by Crippen LogP contribution is 2.36. The van der Waals surface area contributed by atoms with E-state index >= 15 is 0 Å². The van der Waals surface area contributed by atoms with E-state index in [-0.39, 0.29) is 5.82 Å². The number of carbonyl (C=O) groups excluding carboxylic acids is 1. The SMILES string of the molecule is NC(=O)[C@H]1CNCc2c(-c3ccncc3)c(-c3ccc(F)cc3)nn21. The minimum Gasteiger partial charge on any atom is -0.368 e. The van der Waals surface area contributed by atoms with E-state index in [9.17, 15) is 9.18 Å². The van der Waals surface area contributed by atoms with Crippen LogP contribution in [0.4, 0.5) is 4.39 Å². The summed E-state index contributed by atoms with van der Waals surface area (Å²) >= 11 is 0. The van der Waals surface area contributed by atoms with E-state index in [1.165, 1.54) is 12.1 Å². The molecule has 126 valence electrons. The van der Waals surface area contributed by atoms with Gasteiger partial charge in [0.25, 0.3) is 0 Å². The summed E-state index contributed by atoms with van der Waals surface area (Å²) < 4.78 is 15.0. The monoisotopic (exact) mass is 337 g/mol. The summed E-state index contributed by atoms with van der Waals surface area (Å²) in [5.41, 5.74) is 9.71. The van der Waals surface area contributed by atoms with Crippen molar-refractivity contribution in [2.45, 2.75) is 12.6 Å². The Morgan fingerprint density at radius 3 is 2.56 bits per heavy atom. The second kappa shape index (κ2) is 6.10. The second-order valence-electron chi connectivity index (χ2n) is 5.91. The lowest BCUT2D eigenvalue weighted by Crippen LogP contribution is -2.40. The fourth-order valence-corrected chi connectivity index (χ4v) is 3.16. The molecule has 0 spiro atoms. The van der Waals surface area contributed by atoms with Crippen LogP contribution >= 0.6 is 0 Å².